The van der Waals surface area contributed by atoms with Gasteiger partial charge in [0.1, 0.15) is 0 Å². The second-order valence-electron chi connectivity index (χ2n) is 4.66. The van der Waals surface area contributed by atoms with Crippen LogP contribution in [0.5, 0.6) is 0 Å². The number of likely N-dealkylation sites (N-methyl/N-ethyl adjacent to an activating group) is 1. The molecule has 0 atom stereocenters. The maximum atomic E-state index is 7.89. The van der Waals surface area contributed by atoms with E-state index in [4.69, 9.17) is 5.41 Å². The normalized spacial score (nSPS) is 10.2. The molecule has 0 amide bonds. The number of aromatic amines is 1. The Hall–Kier alpha value is -0.240. The molecule has 20 heavy (non-hydrogen) atoms. The Morgan fingerprint density at radius 2 is 2.05 bits per heavy atom. The van der Waals surface area contributed by atoms with E-state index >= 15 is 0 Å². The van der Waals surface area contributed by atoms with E-state index in [0.717, 1.165) is 24.0 Å². The quantitative estimate of drug-likeness (QED) is 0.442. The van der Waals surface area contributed by atoms with Crippen LogP contribution in [0.4, 0.5) is 0 Å². The maximum Gasteiger partial charge on any atom is 0.0939 e. The van der Waals surface area contributed by atoms with Crippen LogP contribution in [-0.2, 0) is 6.42 Å². The van der Waals surface area contributed by atoms with Crippen molar-refractivity contribution in [2.45, 2.75) is 6.42 Å². The van der Waals surface area contributed by atoms with E-state index in [1.54, 1.807) is 0 Å². The second-order valence-corrected chi connectivity index (χ2v) is 5.48. The van der Waals surface area contributed by atoms with Crippen LogP contribution in [0.3, 0.4) is 0 Å². The predicted molar refractivity (Wildman–Crippen MR) is 104 cm³/mol. The third-order valence-electron chi connectivity index (χ3n) is 3.06. The fourth-order valence-corrected chi connectivity index (χ4v) is 2.35. The van der Waals surface area contributed by atoms with Crippen molar-refractivity contribution >= 4 is 64.1 Å². The number of hydrogen-bond donors (Lipinski definition) is 2. The number of thioether (sulfide) groups is 1. The highest BCUT2D eigenvalue weighted by atomic mass is 127. The summed E-state index contributed by atoms with van der Waals surface area (Å²) in [6.07, 6.45) is 5.06. The Morgan fingerprint density at radius 3 is 2.65 bits per heavy atom. The Labute approximate surface area is 147 Å². The van der Waals surface area contributed by atoms with Crippen LogP contribution >= 0.6 is 48.1 Å². The molecule has 2 aromatic rings. The number of nitrogens with zero attached hydrogens (tertiary/aromatic N) is 1. The van der Waals surface area contributed by atoms with Crippen LogP contribution in [0.25, 0.3) is 10.9 Å². The number of aromatic nitrogens is 1. The summed E-state index contributed by atoms with van der Waals surface area (Å²) in [5.74, 6) is 0. The van der Waals surface area contributed by atoms with Gasteiger partial charge in [-0.2, -0.15) is 0 Å². The Morgan fingerprint density at radius 1 is 1.35 bits per heavy atom. The SMILES string of the molecule is CSC(=N)c1ccc2[nH]cc(CCN(C)C)c2c1.Cl.I. The first kappa shape index (κ1) is 19.8. The highest BCUT2D eigenvalue weighted by Crippen LogP contribution is 2.22. The number of H-pyrrole nitrogens is 1. The molecule has 0 aliphatic rings. The van der Waals surface area contributed by atoms with E-state index in [0.29, 0.717) is 5.04 Å². The fraction of sp³-hybridized carbons (Fsp3) is 0.357. The van der Waals surface area contributed by atoms with Crippen molar-refractivity contribution in [2.75, 3.05) is 26.9 Å². The monoisotopic (exact) mass is 425 g/mol. The predicted octanol–water partition coefficient (Wildman–Crippen LogP) is 4.00. The Kier molecular flexibility index (Phi) is 8.81. The van der Waals surface area contributed by atoms with Gasteiger partial charge >= 0.3 is 0 Å². The summed E-state index contributed by atoms with van der Waals surface area (Å²) in [6.45, 7) is 1.04. The minimum absolute atomic E-state index is 0. The van der Waals surface area contributed by atoms with E-state index in [1.165, 1.54) is 22.7 Å². The smallest absolute Gasteiger partial charge is 0.0939 e. The van der Waals surface area contributed by atoms with E-state index in [-0.39, 0.29) is 36.4 Å². The van der Waals surface area contributed by atoms with Gasteiger partial charge in [-0.25, -0.2) is 0 Å². The lowest BCUT2D eigenvalue weighted by molar-refractivity contribution is 0.414. The molecule has 2 rings (SSSR count). The highest BCUT2D eigenvalue weighted by Gasteiger charge is 2.07. The van der Waals surface area contributed by atoms with Crippen molar-refractivity contribution in [3.63, 3.8) is 0 Å². The summed E-state index contributed by atoms with van der Waals surface area (Å²) >= 11 is 1.48. The summed E-state index contributed by atoms with van der Waals surface area (Å²) in [4.78, 5) is 5.49. The lowest BCUT2D eigenvalue weighted by atomic mass is 10.1. The molecule has 3 nitrogen and oxygen atoms in total. The lowest BCUT2D eigenvalue weighted by Crippen LogP contribution is -2.14. The number of nitrogens with one attached hydrogen (secondary N) is 2. The molecule has 112 valence electrons. The molecule has 0 saturated heterocycles. The molecule has 0 aliphatic heterocycles. The summed E-state index contributed by atoms with van der Waals surface area (Å²) < 4.78 is 0. The van der Waals surface area contributed by atoms with E-state index in [1.807, 2.05) is 12.3 Å². The van der Waals surface area contributed by atoms with Gasteiger partial charge in [0.25, 0.3) is 0 Å². The third kappa shape index (κ3) is 4.65. The van der Waals surface area contributed by atoms with Crippen molar-refractivity contribution in [2.24, 2.45) is 0 Å². The van der Waals surface area contributed by atoms with Crippen LogP contribution in [0.2, 0.25) is 0 Å². The van der Waals surface area contributed by atoms with Crippen molar-refractivity contribution < 1.29 is 0 Å². The number of halogens is 2. The van der Waals surface area contributed by atoms with Gasteiger partial charge < -0.3 is 9.88 Å². The number of benzene rings is 1. The third-order valence-corrected chi connectivity index (χ3v) is 3.71. The van der Waals surface area contributed by atoms with Crippen molar-refractivity contribution in [3.05, 3.63) is 35.5 Å². The zero-order valence-electron chi connectivity index (χ0n) is 11.9. The topological polar surface area (TPSA) is 42.9 Å². The summed E-state index contributed by atoms with van der Waals surface area (Å²) in [6, 6.07) is 6.19. The fourth-order valence-electron chi connectivity index (χ4n) is 1.99. The first-order valence-electron chi connectivity index (χ1n) is 5.99. The average molecular weight is 426 g/mol. The molecule has 1 aromatic heterocycles. The van der Waals surface area contributed by atoms with Gasteiger partial charge in [0.15, 0.2) is 0 Å². The summed E-state index contributed by atoms with van der Waals surface area (Å²) in [7, 11) is 4.17. The lowest BCUT2D eigenvalue weighted by Gasteiger charge is -2.08. The minimum Gasteiger partial charge on any atom is -0.361 e. The molecule has 0 unspecified atom stereocenters. The first-order chi connectivity index (χ1) is 8.61. The molecule has 0 bridgehead atoms. The molecule has 1 heterocycles. The van der Waals surface area contributed by atoms with Gasteiger partial charge in [0.2, 0.25) is 0 Å². The van der Waals surface area contributed by atoms with Crippen LogP contribution < -0.4 is 0 Å². The Bertz CT molecular complexity index is 569. The van der Waals surface area contributed by atoms with Gasteiger partial charge in [0, 0.05) is 29.2 Å². The first-order valence-corrected chi connectivity index (χ1v) is 7.22. The van der Waals surface area contributed by atoms with Gasteiger partial charge in [-0.05, 0) is 44.5 Å². The highest BCUT2D eigenvalue weighted by molar-refractivity contribution is 14.0. The van der Waals surface area contributed by atoms with E-state index in [9.17, 15) is 0 Å². The molecule has 2 N–H and O–H groups in total. The van der Waals surface area contributed by atoms with Crippen LogP contribution in [-0.4, -0.2) is 41.8 Å². The molecule has 0 spiro atoms. The van der Waals surface area contributed by atoms with Gasteiger partial charge in [-0.15, -0.1) is 48.1 Å². The van der Waals surface area contributed by atoms with E-state index < -0.39 is 0 Å². The van der Waals surface area contributed by atoms with E-state index in [2.05, 4.69) is 42.3 Å². The van der Waals surface area contributed by atoms with Crippen LogP contribution in [0.1, 0.15) is 11.1 Å². The standard InChI is InChI=1S/C14H19N3S.ClH.HI/c1-17(2)7-6-11-9-16-13-5-4-10(8-12(11)13)14(15)18-3;;/h4-5,8-9,15-16H,6-7H2,1-3H3;2*1H. The van der Waals surface area contributed by atoms with Gasteiger partial charge in [0.05, 0.1) is 5.04 Å². The molecule has 0 fully saturated rings. The molecule has 0 aliphatic carbocycles. The van der Waals surface area contributed by atoms with Gasteiger partial charge in [-0.1, -0.05) is 6.07 Å². The van der Waals surface area contributed by atoms with Crippen molar-refractivity contribution in [1.82, 2.24) is 9.88 Å². The molecule has 0 saturated carbocycles. The maximum absolute atomic E-state index is 7.89. The number of fused-ring (bicyclic) bond motifs is 1. The average Bonchev–Trinajstić information content (AvgIpc) is 2.77. The number of rotatable bonds is 4. The summed E-state index contributed by atoms with van der Waals surface area (Å²) in [5.41, 5.74) is 3.48. The van der Waals surface area contributed by atoms with Crippen molar-refractivity contribution in [1.29, 1.82) is 5.41 Å². The molecule has 1 aromatic carbocycles. The van der Waals surface area contributed by atoms with Crippen molar-refractivity contribution in [3.8, 4) is 0 Å². The largest absolute Gasteiger partial charge is 0.361 e. The molecule has 0 radical (unpaired) electrons. The zero-order valence-corrected chi connectivity index (χ0v) is 15.9. The number of hydrogen-bond acceptors (Lipinski definition) is 3. The molecule has 6 heteroatoms. The zero-order chi connectivity index (χ0) is 13.1. The Balaban J connectivity index is 0.00000180. The van der Waals surface area contributed by atoms with Gasteiger partial charge in [-0.3, -0.25) is 5.41 Å². The molecular formula is C14H21ClIN3S. The van der Waals surface area contributed by atoms with Crippen LogP contribution in [0.15, 0.2) is 24.4 Å². The minimum atomic E-state index is 0. The summed E-state index contributed by atoms with van der Waals surface area (Å²) in [5, 5.41) is 9.76. The second kappa shape index (κ2) is 8.92. The molecular weight excluding hydrogens is 405 g/mol. The van der Waals surface area contributed by atoms with Crippen LogP contribution in [0, 0.1) is 5.41 Å².